The van der Waals surface area contributed by atoms with Crippen LogP contribution in [0.5, 0.6) is 0 Å². The Bertz CT molecular complexity index is 431. The summed E-state index contributed by atoms with van der Waals surface area (Å²) in [5.41, 5.74) is 1.16. The Kier molecular flexibility index (Phi) is 8.17. The molecule has 1 rings (SSSR count). The summed E-state index contributed by atoms with van der Waals surface area (Å²) in [4.78, 5) is 25.4. The number of nitrogens with zero attached hydrogens (tertiary/aromatic N) is 1. The maximum absolute atomic E-state index is 12.3. The lowest BCUT2D eigenvalue weighted by Gasteiger charge is -2.21. The Labute approximate surface area is 127 Å². The van der Waals surface area contributed by atoms with E-state index in [9.17, 15) is 9.59 Å². The van der Waals surface area contributed by atoms with E-state index >= 15 is 0 Å². The molecule has 0 aliphatic carbocycles. The van der Waals surface area contributed by atoms with Crippen molar-refractivity contribution in [1.29, 1.82) is 0 Å². The van der Waals surface area contributed by atoms with Gasteiger partial charge < -0.3 is 9.64 Å². The third kappa shape index (κ3) is 6.93. The Morgan fingerprint density at radius 3 is 2.38 bits per heavy atom. The van der Waals surface area contributed by atoms with Crippen LogP contribution < -0.4 is 0 Å². The summed E-state index contributed by atoms with van der Waals surface area (Å²) in [5.74, 6) is -0.139. The third-order valence-electron chi connectivity index (χ3n) is 3.21. The first-order valence-electron chi connectivity index (χ1n) is 7.64. The number of benzene rings is 1. The van der Waals surface area contributed by atoms with Crippen LogP contribution in [0.15, 0.2) is 30.3 Å². The van der Waals surface area contributed by atoms with Crippen LogP contribution in [0.25, 0.3) is 0 Å². The minimum absolute atomic E-state index is 0.102. The van der Waals surface area contributed by atoms with Crippen molar-refractivity contribution in [2.24, 2.45) is 0 Å². The van der Waals surface area contributed by atoms with Crippen LogP contribution in [0, 0.1) is 0 Å². The molecule has 4 nitrogen and oxygen atoms in total. The zero-order valence-electron chi connectivity index (χ0n) is 13.0. The third-order valence-corrected chi connectivity index (χ3v) is 3.21. The second-order valence-corrected chi connectivity index (χ2v) is 4.92. The van der Waals surface area contributed by atoms with Gasteiger partial charge in [-0.25, -0.2) is 0 Å². The first-order valence-corrected chi connectivity index (χ1v) is 7.64. The fourth-order valence-corrected chi connectivity index (χ4v) is 2.14. The Hall–Kier alpha value is -1.84. The monoisotopic (exact) mass is 291 g/mol. The van der Waals surface area contributed by atoms with Crippen LogP contribution in [-0.4, -0.2) is 36.5 Å². The minimum atomic E-state index is -0.241. The Morgan fingerprint density at radius 2 is 1.76 bits per heavy atom. The van der Waals surface area contributed by atoms with Crippen molar-refractivity contribution in [2.75, 3.05) is 19.7 Å². The van der Waals surface area contributed by atoms with Crippen molar-refractivity contribution in [1.82, 2.24) is 4.90 Å². The van der Waals surface area contributed by atoms with Crippen LogP contribution in [0.2, 0.25) is 0 Å². The molecule has 0 radical (unpaired) electrons. The summed E-state index contributed by atoms with van der Waals surface area (Å²) in [6.07, 6.45) is 2.37. The van der Waals surface area contributed by atoms with E-state index in [2.05, 4.69) is 0 Å². The van der Waals surface area contributed by atoms with Gasteiger partial charge in [0.15, 0.2) is 0 Å². The predicted molar refractivity (Wildman–Crippen MR) is 82.9 cm³/mol. The van der Waals surface area contributed by atoms with Gasteiger partial charge in [0.25, 0.3) is 0 Å². The quantitative estimate of drug-likeness (QED) is 0.657. The van der Waals surface area contributed by atoms with Crippen molar-refractivity contribution < 1.29 is 14.3 Å². The zero-order chi connectivity index (χ0) is 15.5. The maximum atomic E-state index is 12.3. The Morgan fingerprint density at radius 1 is 1.05 bits per heavy atom. The lowest BCUT2D eigenvalue weighted by Crippen LogP contribution is -2.34. The Balaban J connectivity index is 2.43. The lowest BCUT2D eigenvalue weighted by atomic mass is 10.1. The molecule has 1 amide bonds. The van der Waals surface area contributed by atoms with E-state index in [0.29, 0.717) is 26.1 Å². The van der Waals surface area contributed by atoms with Crippen LogP contribution in [0.3, 0.4) is 0 Å². The number of carbonyl (C=O) groups is 2. The van der Waals surface area contributed by atoms with E-state index in [0.717, 1.165) is 18.4 Å². The number of ether oxygens (including phenoxy) is 1. The molecule has 0 aromatic heterocycles. The molecule has 0 heterocycles. The number of amides is 1. The molecular weight excluding hydrogens is 266 g/mol. The molecule has 0 spiro atoms. The second-order valence-electron chi connectivity index (χ2n) is 4.92. The van der Waals surface area contributed by atoms with Gasteiger partial charge in [-0.05, 0) is 25.3 Å². The molecule has 0 aliphatic rings. The number of esters is 1. The van der Waals surface area contributed by atoms with Crippen molar-refractivity contribution in [2.45, 2.75) is 39.5 Å². The van der Waals surface area contributed by atoms with Gasteiger partial charge in [0.1, 0.15) is 0 Å². The highest BCUT2D eigenvalue weighted by molar-refractivity contribution is 5.77. The van der Waals surface area contributed by atoms with E-state index < -0.39 is 0 Å². The van der Waals surface area contributed by atoms with E-state index in [4.69, 9.17) is 4.74 Å². The number of hydrogen-bond donors (Lipinski definition) is 0. The molecule has 0 N–H and O–H groups in total. The predicted octanol–water partition coefficient (Wildman–Crippen LogP) is 2.81. The van der Waals surface area contributed by atoms with E-state index in [1.807, 2.05) is 37.3 Å². The first-order chi connectivity index (χ1) is 10.2. The van der Waals surface area contributed by atoms with Gasteiger partial charge in [-0.2, -0.15) is 0 Å². The molecule has 0 saturated heterocycles. The van der Waals surface area contributed by atoms with Gasteiger partial charge >= 0.3 is 5.97 Å². The van der Waals surface area contributed by atoms with Crippen molar-refractivity contribution in [3.63, 3.8) is 0 Å². The normalized spacial score (nSPS) is 10.2. The molecular formula is C17H25NO3. The minimum Gasteiger partial charge on any atom is -0.466 e. The van der Waals surface area contributed by atoms with E-state index in [-0.39, 0.29) is 18.3 Å². The van der Waals surface area contributed by atoms with Crippen LogP contribution in [-0.2, 0) is 20.7 Å². The highest BCUT2D eigenvalue weighted by Crippen LogP contribution is 2.06. The fourth-order valence-electron chi connectivity index (χ4n) is 2.14. The molecule has 0 bridgehead atoms. The molecule has 116 valence electrons. The zero-order valence-corrected chi connectivity index (χ0v) is 13.0. The summed E-state index contributed by atoms with van der Waals surface area (Å²) in [6.45, 7) is 5.33. The number of carbonyl (C=O) groups excluding carboxylic acids is 2. The maximum Gasteiger partial charge on any atom is 0.307 e. The number of hydrogen-bond acceptors (Lipinski definition) is 3. The van der Waals surface area contributed by atoms with E-state index in [1.54, 1.807) is 11.8 Å². The van der Waals surface area contributed by atoms with Gasteiger partial charge in [-0.1, -0.05) is 37.3 Å². The van der Waals surface area contributed by atoms with Crippen molar-refractivity contribution in [3.8, 4) is 0 Å². The molecule has 21 heavy (non-hydrogen) atoms. The molecule has 0 atom stereocenters. The summed E-state index contributed by atoms with van der Waals surface area (Å²) >= 11 is 0. The van der Waals surface area contributed by atoms with Gasteiger partial charge in [-0.3, -0.25) is 9.59 Å². The average Bonchev–Trinajstić information content (AvgIpc) is 2.50. The summed E-state index contributed by atoms with van der Waals surface area (Å²) < 4.78 is 4.90. The smallest absolute Gasteiger partial charge is 0.307 e. The molecule has 0 unspecified atom stereocenters. The van der Waals surface area contributed by atoms with E-state index in [1.165, 1.54) is 0 Å². The highest BCUT2D eigenvalue weighted by atomic mass is 16.5. The van der Waals surface area contributed by atoms with Gasteiger partial charge in [0, 0.05) is 19.5 Å². The largest absolute Gasteiger partial charge is 0.466 e. The second kappa shape index (κ2) is 9.97. The van der Waals surface area contributed by atoms with Gasteiger partial charge in [0.2, 0.25) is 5.91 Å². The SMILES string of the molecule is CCCN(CCC(=O)OCC)C(=O)CCc1ccccc1. The molecule has 1 aromatic rings. The highest BCUT2D eigenvalue weighted by Gasteiger charge is 2.14. The van der Waals surface area contributed by atoms with Crippen LogP contribution in [0.1, 0.15) is 38.7 Å². The van der Waals surface area contributed by atoms with Gasteiger partial charge in [0.05, 0.1) is 13.0 Å². The molecule has 1 aromatic carbocycles. The molecule has 4 heteroatoms. The van der Waals surface area contributed by atoms with Crippen LogP contribution in [0.4, 0.5) is 0 Å². The number of rotatable bonds is 9. The topological polar surface area (TPSA) is 46.6 Å². The summed E-state index contributed by atoms with van der Waals surface area (Å²) in [6, 6.07) is 9.97. The molecule has 0 aliphatic heterocycles. The van der Waals surface area contributed by atoms with Crippen molar-refractivity contribution in [3.05, 3.63) is 35.9 Å². The summed E-state index contributed by atoms with van der Waals surface area (Å²) in [5, 5.41) is 0. The molecule has 0 fully saturated rings. The number of aryl methyl sites for hydroxylation is 1. The lowest BCUT2D eigenvalue weighted by molar-refractivity contribution is -0.144. The van der Waals surface area contributed by atoms with Crippen LogP contribution >= 0.6 is 0 Å². The fraction of sp³-hybridized carbons (Fsp3) is 0.529. The summed E-state index contributed by atoms with van der Waals surface area (Å²) in [7, 11) is 0. The first kappa shape index (κ1) is 17.2. The van der Waals surface area contributed by atoms with Gasteiger partial charge in [-0.15, -0.1) is 0 Å². The van der Waals surface area contributed by atoms with Crippen molar-refractivity contribution >= 4 is 11.9 Å². The average molecular weight is 291 g/mol. The molecule has 0 saturated carbocycles. The standard InChI is InChI=1S/C17H25NO3/c1-3-13-18(14-12-17(20)21-4-2)16(19)11-10-15-8-6-5-7-9-15/h5-9H,3-4,10-14H2,1-2H3.